The van der Waals surface area contributed by atoms with Crippen molar-refractivity contribution in [3.8, 4) is 0 Å². The van der Waals surface area contributed by atoms with E-state index in [0.717, 1.165) is 21.7 Å². The minimum Gasteiger partial charge on any atom is -0.465 e. The topological polar surface area (TPSA) is 37.2 Å². The highest BCUT2D eigenvalue weighted by Crippen LogP contribution is 2.25. The molecule has 1 aromatic carbocycles. The van der Waals surface area contributed by atoms with Gasteiger partial charge >= 0.3 is 0 Å². The largest absolute Gasteiger partial charge is 0.465 e. The molecule has 2 rings (SSSR count). The van der Waals surface area contributed by atoms with Gasteiger partial charge in [0, 0.05) is 10.2 Å². The first-order valence-corrected chi connectivity index (χ1v) is 7.18. The first-order chi connectivity index (χ1) is 9.04. The van der Waals surface area contributed by atoms with Gasteiger partial charge in [0.05, 0.1) is 11.6 Å². The van der Waals surface area contributed by atoms with Crippen molar-refractivity contribution in [2.45, 2.75) is 13.5 Å². The molecule has 2 N–H and O–H groups in total. The molecule has 0 aliphatic rings. The molecule has 0 unspecified atom stereocenters. The highest BCUT2D eigenvalue weighted by Gasteiger charge is 2.03. The van der Waals surface area contributed by atoms with E-state index in [9.17, 15) is 0 Å². The van der Waals surface area contributed by atoms with Gasteiger partial charge in [-0.05, 0) is 65.4 Å². The molecule has 100 valence electrons. The lowest BCUT2D eigenvalue weighted by Crippen LogP contribution is -2.27. The minimum atomic E-state index is 0.521. The van der Waals surface area contributed by atoms with E-state index in [2.05, 4.69) is 26.6 Å². The Bertz CT molecular complexity index is 600. The SMILES string of the molecule is Cc1ccc(CNC(=S)Nc2ccc(Br)c(Cl)c2)o1. The summed E-state index contributed by atoms with van der Waals surface area (Å²) in [6.45, 7) is 2.45. The molecule has 0 bridgehead atoms. The van der Waals surface area contributed by atoms with Gasteiger partial charge in [0.1, 0.15) is 11.5 Å². The van der Waals surface area contributed by atoms with Crippen LogP contribution in [0, 0.1) is 6.92 Å². The second kappa shape index (κ2) is 6.41. The van der Waals surface area contributed by atoms with Crippen LogP contribution in [-0.4, -0.2) is 5.11 Å². The van der Waals surface area contributed by atoms with Crippen LogP contribution in [0.3, 0.4) is 0 Å². The van der Waals surface area contributed by atoms with Crippen molar-refractivity contribution >= 4 is 50.5 Å². The smallest absolute Gasteiger partial charge is 0.171 e. The van der Waals surface area contributed by atoms with Gasteiger partial charge < -0.3 is 15.1 Å². The summed E-state index contributed by atoms with van der Waals surface area (Å²) >= 11 is 14.5. The standard InChI is InChI=1S/C13H12BrClN2OS/c1-8-2-4-10(18-8)7-16-13(19)17-9-3-5-11(14)12(15)6-9/h2-6H,7H2,1H3,(H2,16,17,19). The lowest BCUT2D eigenvalue weighted by Gasteiger charge is -2.10. The zero-order valence-corrected chi connectivity index (χ0v) is 13.3. The molecule has 2 aromatic rings. The number of furan rings is 1. The van der Waals surface area contributed by atoms with E-state index in [-0.39, 0.29) is 0 Å². The molecule has 1 aromatic heterocycles. The lowest BCUT2D eigenvalue weighted by atomic mass is 10.3. The first-order valence-electron chi connectivity index (χ1n) is 5.60. The number of hydrogen-bond donors (Lipinski definition) is 2. The van der Waals surface area contributed by atoms with Crippen molar-refractivity contribution in [3.63, 3.8) is 0 Å². The zero-order valence-electron chi connectivity index (χ0n) is 10.2. The van der Waals surface area contributed by atoms with Gasteiger partial charge in [0.25, 0.3) is 0 Å². The van der Waals surface area contributed by atoms with Gasteiger partial charge in [-0.3, -0.25) is 0 Å². The fourth-order valence-corrected chi connectivity index (χ4v) is 2.11. The Morgan fingerprint density at radius 2 is 2.16 bits per heavy atom. The average Bonchev–Trinajstić information content (AvgIpc) is 2.77. The summed E-state index contributed by atoms with van der Waals surface area (Å²) in [5.74, 6) is 1.73. The number of aryl methyl sites for hydroxylation is 1. The van der Waals surface area contributed by atoms with Crippen LogP contribution in [0.15, 0.2) is 39.2 Å². The Labute approximate surface area is 130 Å². The van der Waals surface area contributed by atoms with Crippen molar-refractivity contribution < 1.29 is 4.42 Å². The average molecular weight is 360 g/mol. The third-order valence-electron chi connectivity index (χ3n) is 2.40. The number of rotatable bonds is 3. The van der Waals surface area contributed by atoms with Crippen LogP contribution in [0.25, 0.3) is 0 Å². The number of hydrogen-bond acceptors (Lipinski definition) is 2. The summed E-state index contributed by atoms with van der Waals surface area (Å²) in [7, 11) is 0. The summed E-state index contributed by atoms with van der Waals surface area (Å²) < 4.78 is 6.29. The third kappa shape index (κ3) is 4.23. The molecule has 0 saturated heterocycles. The summed E-state index contributed by atoms with van der Waals surface area (Å²) in [5.41, 5.74) is 0.835. The Morgan fingerprint density at radius 1 is 1.37 bits per heavy atom. The number of thiocarbonyl (C=S) groups is 1. The number of nitrogens with one attached hydrogen (secondary N) is 2. The van der Waals surface area contributed by atoms with E-state index in [1.165, 1.54) is 0 Å². The molecule has 0 spiro atoms. The number of halogens is 2. The Kier molecular flexibility index (Phi) is 4.85. The molecule has 0 aliphatic heterocycles. The van der Waals surface area contributed by atoms with E-state index in [1.807, 2.05) is 31.2 Å². The van der Waals surface area contributed by atoms with E-state index in [0.29, 0.717) is 16.7 Å². The van der Waals surface area contributed by atoms with E-state index in [4.69, 9.17) is 28.2 Å². The molecule has 1 heterocycles. The second-order valence-electron chi connectivity index (χ2n) is 3.95. The van der Waals surface area contributed by atoms with Gasteiger partial charge in [-0.1, -0.05) is 11.6 Å². The summed E-state index contributed by atoms with van der Waals surface area (Å²) in [4.78, 5) is 0. The summed E-state index contributed by atoms with van der Waals surface area (Å²) in [6.07, 6.45) is 0. The predicted octanol–water partition coefficient (Wildman–Crippen LogP) is 4.49. The number of anilines is 1. The zero-order chi connectivity index (χ0) is 13.8. The maximum Gasteiger partial charge on any atom is 0.171 e. The van der Waals surface area contributed by atoms with Gasteiger partial charge in [0.15, 0.2) is 5.11 Å². The van der Waals surface area contributed by atoms with E-state index >= 15 is 0 Å². The van der Waals surface area contributed by atoms with Crippen LogP contribution >= 0.6 is 39.7 Å². The minimum absolute atomic E-state index is 0.521. The van der Waals surface area contributed by atoms with E-state index in [1.54, 1.807) is 6.07 Å². The van der Waals surface area contributed by atoms with Crippen LogP contribution in [0.4, 0.5) is 5.69 Å². The molecular formula is C13H12BrClN2OS. The first kappa shape index (κ1) is 14.4. The monoisotopic (exact) mass is 358 g/mol. The van der Waals surface area contributed by atoms with Crippen LogP contribution in [0.1, 0.15) is 11.5 Å². The Morgan fingerprint density at radius 3 is 2.79 bits per heavy atom. The van der Waals surface area contributed by atoms with Crippen LogP contribution in [0.2, 0.25) is 5.02 Å². The molecule has 0 fully saturated rings. The van der Waals surface area contributed by atoms with Gasteiger partial charge in [-0.15, -0.1) is 0 Å². The van der Waals surface area contributed by atoms with Crippen LogP contribution < -0.4 is 10.6 Å². The molecule has 6 heteroatoms. The van der Waals surface area contributed by atoms with Crippen LogP contribution in [0.5, 0.6) is 0 Å². The molecular weight excluding hydrogens is 348 g/mol. The molecule has 0 atom stereocenters. The highest BCUT2D eigenvalue weighted by atomic mass is 79.9. The van der Waals surface area contributed by atoms with Gasteiger partial charge in [0.2, 0.25) is 0 Å². The molecule has 0 radical (unpaired) electrons. The molecule has 3 nitrogen and oxygen atoms in total. The molecule has 19 heavy (non-hydrogen) atoms. The normalized spacial score (nSPS) is 10.3. The maximum atomic E-state index is 6.01. The van der Waals surface area contributed by atoms with Crippen molar-refractivity contribution in [1.82, 2.24) is 5.32 Å². The van der Waals surface area contributed by atoms with Gasteiger partial charge in [-0.25, -0.2) is 0 Å². The lowest BCUT2D eigenvalue weighted by molar-refractivity contribution is 0.478. The Hall–Kier alpha value is -1.04. The predicted molar refractivity (Wildman–Crippen MR) is 85.7 cm³/mol. The van der Waals surface area contributed by atoms with Gasteiger partial charge in [-0.2, -0.15) is 0 Å². The third-order valence-corrected chi connectivity index (χ3v) is 3.88. The fourth-order valence-electron chi connectivity index (χ4n) is 1.50. The summed E-state index contributed by atoms with van der Waals surface area (Å²) in [6, 6.07) is 9.39. The Balaban J connectivity index is 1.88. The second-order valence-corrected chi connectivity index (χ2v) is 5.62. The fraction of sp³-hybridized carbons (Fsp3) is 0.154. The maximum absolute atomic E-state index is 6.01. The van der Waals surface area contributed by atoms with Crippen molar-refractivity contribution in [2.24, 2.45) is 0 Å². The van der Waals surface area contributed by atoms with Crippen molar-refractivity contribution in [3.05, 3.63) is 51.3 Å². The molecule has 0 aliphatic carbocycles. The number of benzene rings is 1. The highest BCUT2D eigenvalue weighted by molar-refractivity contribution is 9.10. The molecule has 0 saturated carbocycles. The molecule has 0 amide bonds. The summed E-state index contributed by atoms with van der Waals surface area (Å²) in [5, 5.41) is 7.28. The quantitative estimate of drug-likeness (QED) is 0.792. The van der Waals surface area contributed by atoms with Crippen LogP contribution in [-0.2, 0) is 6.54 Å². The van der Waals surface area contributed by atoms with Crippen molar-refractivity contribution in [1.29, 1.82) is 0 Å². The van der Waals surface area contributed by atoms with E-state index < -0.39 is 0 Å². The van der Waals surface area contributed by atoms with Crippen molar-refractivity contribution in [2.75, 3.05) is 5.32 Å².